The molecule has 3 rings (SSSR count). The summed E-state index contributed by atoms with van der Waals surface area (Å²) in [5.74, 6) is 1.37. The van der Waals surface area contributed by atoms with E-state index in [2.05, 4.69) is 15.5 Å². The molecule has 1 aromatic carbocycles. The lowest BCUT2D eigenvalue weighted by atomic mass is 10.1. The summed E-state index contributed by atoms with van der Waals surface area (Å²) in [6.45, 7) is 1.99. The number of hydrogen-bond donors (Lipinski definition) is 0. The fourth-order valence-corrected chi connectivity index (χ4v) is 2.01. The van der Waals surface area contributed by atoms with E-state index < -0.39 is 6.23 Å². The van der Waals surface area contributed by atoms with E-state index >= 15 is 0 Å². The van der Waals surface area contributed by atoms with Gasteiger partial charge in [-0.25, -0.2) is 0 Å². The molecule has 1 aliphatic heterocycles. The maximum atomic E-state index is 5.38. The number of rotatable bonds is 3. The summed E-state index contributed by atoms with van der Waals surface area (Å²) < 4.78 is 5.31. The normalized spacial score (nSPS) is 17.1. The van der Waals surface area contributed by atoms with E-state index in [0.717, 1.165) is 22.4 Å². The van der Waals surface area contributed by atoms with E-state index in [1.54, 1.807) is 19.5 Å². The lowest BCUT2D eigenvalue weighted by Crippen LogP contribution is -2.00. The zero-order chi connectivity index (χ0) is 13.9. The molecule has 0 radical (unpaired) electrons. The number of ether oxygens (including phenoxy) is 1. The highest BCUT2D eigenvalue weighted by atomic mass is 16.7. The van der Waals surface area contributed by atoms with Crippen LogP contribution in [0, 0.1) is 6.92 Å². The van der Waals surface area contributed by atoms with Gasteiger partial charge in [-0.2, -0.15) is 0 Å². The monoisotopic (exact) mass is 268 g/mol. The Morgan fingerprint density at radius 1 is 1.30 bits per heavy atom. The zero-order valence-corrected chi connectivity index (χ0v) is 11.3. The first-order valence-corrected chi connectivity index (χ1v) is 6.27. The Bertz CT molecular complexity index is 641. The molecule has 2 heterocycles. The summed E-state index contributed by atoms with van der Waals surface area (Å²) in [5, 5.41) is 8.48. The van der Waals surface area contributed by atoms with Crippen LogP contribution in [-0.4, -0.2) is 17.9 Å². The Morgan fingerprint density at radius 3 is 2.95 bits per heavy atom. The minimum Gasteiger partial charge on any atom is -0.496 e. The molecule has 5 heteroatoms. The summed E-state index contributed by atoms with van der Waals surface area (Å²) in [7, 11) is 1.65. The summed E-state index contributed by atoms with van der Waals surface area (Å²) in [5.41, 5.74) is 2.83. The van der Waals surface area contributed by atoms with Gasteiger partial charge in [0.05, 0.1) is 7.11 Å². The van der Waals surface area contributed by atoms with Gasteiger partial charge in [0.2, 0.25) is 0 Å². The highest BCUT2D eigenvalue weighted by molar-refractivity contribution is 6.08. The van der Waals surface area contributed by atoms with E-state index in [1.165, 1.54) is 0 Å². The van der Waals surface area contributed by atoms with Crippen LogP contribution in [0.1, 0.15) is 22.9 Å². The van der Waals surface area contributed by atoms with Gasteiger partial charge in [-0.05, 0) is 41.6 Å². The topological polar surface area (TPSA) is 57.8 Å². The largest absolute Gasteiger partial charge is 0.496 e. The van der Waals surface area contributed by atoms with Crippen molar-refractivity contribution in [1.82, 2.24) is 4.98 Å². The molecule has 0 saturated heterocycles. The van der Waals surface area contributed by atoms with Crippen LogP contribution in [-0.2, 0) is 4.84 Å². The Balaban J connectivity index is 1.79. The van der Waals surface area contributed by atoms with E-state index in [9.17, 15) is 0 Å². The molecule has 1 aliphatic rings. The molecule has 0 amide bonds. The molecule has 5 nitrogen and oxygen atoms in total. The van der Waals surface area contributed by atoms with Crippen LogP contribution in [0.2, 0.25) is 0 Å². The van der Waals surface area contributed by atoms with Crippen LogP contribution in [0.15, 0.2) is 47.9 Å². The molecule has 2 aromatic rings. The van der Waals surface area contributed by atoms with Gasteiger partial charge in [0.1, 0.15) is 12.0 Å². The number of methoxy groups -OCH3 is 1. The van der Waals surface area contributed by atoms with E-state index in [-0.39, 0.29) is 0 Å². The first-order valence-electron chi connectivity index (χ1n) is 6.27. The summed E-state index contributed by atoms with van der Waals surface area (Å²) in [4.78, 5) is 9.43. The molecule has 0 spiro atoms. The van der Waals surface area contributed by atoms with Gasteiger partial charge in [-0.15, -0.1) is 0 Å². The highest BCUT2D eigenvalue weighted by Crippen LogP contribution is 2.33. The number of pyridine rings is 1. The molecule has 1 atom stereocenters. The average Bonchev–Trinajstić information content (AvgIpc) is 2.98. The minimum atomic E-state index is -0.431. The molecule has 0 N–H and O–H groups in total. The molecule has 20 heavy (non-hydrogen) atoms. The van der Waals surface area contributed by atoms with Crippen molar-refractivity contribution in [3.05, 3.63) is 64.7 Å². The molecule has 1 aromatic heterocycles. The first kappa shape index (κ1) is 12.5. The lowest BCUT2D eigenvalue weighted by Gasteiger charge is -2.19. The van der Waals surface area contributed by atoms with Gasteiger partial charge >= 0.3 is 0 Å². The Hall–Kier alpha value is -2.56. The van der Waals surface area contributed by atoms with Crippen LogP contribution in [0.25, 0.3) is 5.32 Å². The van der Waals surface area contributed by atoms with Gasteiger partial charge in [-0.1, -0.05) is 18.2 Å². The summed E-state index contributed by atoms with van der Waals surface area (Å²) >= 11 is 0. The number of benzene rings is 1. The van der Waals surface area contributed by atoms with E-state index in [1.807, 2.05) is 37.3 Å². The second kappa shape index (κ2) is 5.21. The number of aryl methyl sites for hydroxylation is 1. The number of hydrogen-bond acceptors (Lipinski definition) is 4. The smallest absolute Gasteiger partial charge is 0.136 e. The van der Waals surface area contributed by atoms with Gasteiger partial charge in [-0.3, -0.25) is 10.1 Å². The zero-order valence-electron chi connectivity index (χ0n) is 11.3. The van der Waals surface area contributed by atoms with Crippen LogP contribution < -0.4 is 4.74 Å². The number of aromatic nitrogens is 1. The fraction of sp³-hybridized carbons (Fsp3) is 0.200. The van der Waals surface area contributed by atoms with Gasteiger partial charge in [0.25, 0.3) is 0 Å². The molecule has 0 saturated carbocycles. The average molecular weight is 268 g/mol. The summed E-state index contributed by atoms with van der Waals surface area (Å²) in [6, 6.07) is 9.61. The van der Waals surface area contributed by atoms with Crippen LogP contribution >= 0.6 is 0 Å². The maximum Gasteiger partial charge on any atom is 0.136 e. The molecule has 1 unspecified atom stereocenters. The van der Waals surface area contributed by atoms with Crippen molar-refractivity contribution in [2.24, 2.45) is 5.16 Å². The fourth-order valence-electron chi connectivity index (χ4n) is 2.01. The molecule has 0 fully saturated rings. The second-order valence-corrected chi connectivity index (χ2v) is 4.47. The first-order chi connectivity index (χ1) is 9.78. The lowest BCUT2D eigenvalue weighted by molar-refractivity contribution is 0.105. The van der Waals surface area contributed by atoms with Crippen molar-refractivity contribution < 1.29 is 9.57 Å². The van der Waals surface area contributed by atoms with Crippen molar-refractivity contribution in [3.8, 4) is 5.75 Å². The van der Waals surface area contributed by atoms with Gasteiger partial charge < -0.3 is 14.9 Å². The molecular weight excluding hydrogens is 254 g/mol. The van der Waals surface area contributed by atoms with E-state index in [4.69, 9.17) is 9.57 Å². The minimum absolute atomic E-state index is 0.431. The van der Waals surface area contributed by atoms with Crippen molar-refractivity contribution in [2.75, 3.05) is 7.11 Å². The molecular formula is C15H14N3O2-. The van der Waals surface area contributed by atoms with Crippen molar-refractivity contribution in [1.29, 1.82) is 0 Å². The summed E-state index contributed by atoms with van der Waals surface area (Å²) in [6.07, 6.45) is 2.99. The molecule has 0 bridgehead atoms. The molecule has 0 aliphatic carbocycles. The quantitative estimate of drug-likeness (QED) is 0.859. The predicted molar refractivity (Wildman–Crippen MR) is 75.7 cm³/mol. The molecule has 102 valence electrons. The van der Waals surface area contributed by atoms with Crippen molar-refractivity contribution >= 4 is 5.84 Å². The SMILES string of the molecule is COc1cc(C2[N-]C(c3cccnc3)=NO2)ccc1C. The van der Waals surface area contributed by atoms with Crippen LogP contribution in [0.4, 0.5) is 0 Å². The standard InChI is InChI=1S/C15H14N3O2/c1-10-5-6-11(8-13(10)19-2)15-17-14(18-20-15)12-4-3-7-16-9-12/h3-9,15H,1-2H3/q-1. The van der Waals surface area contributed by atoms with Gasteiger partial charge in [0, 0.05) is 12.4 Å². The predicted octanol–water partition coefficient (Wildman–Crippen LogP) is 3.16. The maximum absolute atomic E-state index is 5.38. The third kappa shape index (κ3) is 2.30. The number of nitrogens with zero attached hydrogens (tertiary/aromatic N) is 3. The van der Waals surface area contributed by atoms with Crippen LogP contribution in [0.3, 0.4) is 0 Å². The Kier molecular flexibility index (Phi) is 3.25. The Labute approximate surface area is 117 Å². The third-order valence-corrected chi connectivity index (χ3v) is 3.12. The van der Waals surface area contributed by atoms with Crippen LogP contribution in [0.5, 0.6) is 5.75 Å². The Morgan fingerprint density at radius 2 is 2.20 bits per heavy atom. The number of oxime groups is 1. The van der Waals surface area contributed by atoms with E-state index in [0.29, 0.717) is 5.84 Å². The highest BCUT2D eigenvalue weighted by Gasteiger charge is 2.14. The second-order valence-electron chi connectivity index (χ2n) is 4.47. The van der Waals surface area contributed by atoms with Gasteiger partial charge in [0.15, 0.2) is 0 Å². The third-order valence-electron chi connectivity index (χ3n) is 3.12. The van der Waals surface area contributed by atoms with Crippen molar-refractivity contribution in [2.45, 2.75) is 13.2 Å². The number of amidine groups is 1. The van der Waals surface area contributed by atoms with Crippen molar-refractivity contribution in [3.63, 3.8) is 0 Å².